The van der Waals surface area contributed by atoms with Gasteiger partial charge in [-0.2, -0.15) is 8.78 Å². The molecule has 0 amide bonds. The highest BCUT2D eigenvalue weighted by Gasteiger charge is 2.15. The molecule has 1 aromatic heterocycles. The van der Waals surface area contributed by atoms with Crippen molar-refractivity contribution in [3.63, 3.8) is 0 Å². The summed E-state index contributed by atoms with van der Waals surface area (Å²) >= 11 is 6.05. The Kier molecular flexibility index (Phi) is 5.43. The summed E-state index contributed by atoms with van der Waals surface area (Å²) in [6.45, 7) is -3.26. The Hall–Kier alpha value is -3.00. The normalized spacial score (nSPS) is 10.8. The summed E-state index contributed by atoms with van der Waals surface area (Å²) in [4.78, 5) is 12.0. The molecular formula is C17H11ClF2N2O4. The number of ether oxygens (including phenoxy) is 2. The number of aromatic nitrogens is 2. The van der Waals surface area contributed by atoms with Crippen LogP contribution in [0.2, 0.25) is 5.02 Å². The van der Waals surface area contributed by atoms with Crippen LogP contribution in [-0.2, 0) is 11.3 Å². The molecule has 0 N–H and O–H groups in total. The SMILES string of the molecule is O=C(OCc1nnc(-c2ccccc2Cl)o1)c1cccc(OC(F)F)c1. The number of carbonyl (C=O) groups excluding carboxylic acids is 1. The Morgan fingerprint density at radius 1 is 1.15 bits per heavy atom. The molecule has 0 fully saturated rings. The van der Waals surface area contributed by atoms with Crippen molar-refractivity contribution in [3.05, 3.63) is 65.0 Å². The lowest BCUT2D eigenvalue weighted by Crippen LogP contribution is -2.07. The molecule has 1 heterocycles. The molecule has 2 aromatic carbocycles. The maximum Gasteiger partial charge on any atom is 0.387 e. The van der Waals surface area contributed by atoms with Gasteiger partial charge in [0.05, 0.1) is 16.1 Å². The van der Waals surface area contributed by atoms with Crippen molar-refractivity contribution in [2.24, 2.45) is 0 Å². The second-order valence-electron chi connectivity index (χ2n) is 4.96. The monoisotopic (exact) mass is 380 g/mol. The highest BCUT2D eigenvalue weighted by Crippen LogP contribution is 2.26. The van der Waals surface area contributed by atoms with Crippen LogP contribution < -0.4 is 4.74 Å². The van der Waals surface area contributed by atoms with Crippen LogP contribution in [0.25, 0.3) is 11.5 Å². The fourth-order valence-electron chi connectivity index (χ4n) is 2.07. The summed E-state index contributed by atoms with van der Waals surface area (Å²) in [5, 5.41) is 8.07. The number of alkyl halides is 2. The van der Waals surface area contributed by atoms with Crippen molar-refractivity contribution in [3.8, 4) is 17.2 Å². The van der Waals surface area contributed by atoms with Gasteiger partial charge in [0, 0.05) is 0 Å². The largest absolute Gasteiger partial charge is 0.452 e. The van der Waals surface area contributed by atoms with Crippen LogP contribution in [0.4, 0.5) is 8.78 Å². The molecule has 6 nitrogen and oxygen atoms in total. The lowest BCUT2D eigenvalue weighted by molar-refractivity contribution is -0.0499. The smallest absolute Gasteiger partial charge is 0.387 e. The molecule has 9 heteroatoms. The molecular weight excluding hydrogens is 370 g/mol. The fourth-order valence-corrected chi connectivity index (χ4v) is 2.28. The summed E-state index contributed by atoms with van der Waals surface area (Å²) in [7, 11) is 0. The van der Waals surface area contributed by atoms with Crippen molar-refractivity contribution >= 4 is 17.6 Å². The third-order valence-corrected chi connectivity index (χ3v) is 3.52. The predicted octanol–water partition coefficient (Wildman–Crippen LogP) is 4.35. The molecule has 0 aliphatic heterocycles. The Labute approximate surface area is 151 Å². The van der Waals surface area contributed by atoms with E-state index in [1.165, 1.54) is 18.2 Å². The van der Waals surface area contributed by atoms with Gasteiger partial charge >= 0.3 is 12.6 Å². The minimum Gasteiger partial charge on any atom is -0.452 e. The quantitative estimate of drug-likeness (QED) is 0.592. The molecule has 0 unspecified atom stereocenters. The highest BCUT2D eigenvalue weighted by atomic mass is 35.5. The summed E-state index contributed by atoms with van der Waals surface area (Å²) in [5.74, 6) is -0.641. The molecule has 3 aromatic rings. The van der Waals surface area contributed by atoms with E-state index in [-0.39, 0.29) is 29.7 Å². The first-order chi connectivity index (χ1) is 12.5. The van der Waals surface area contributed by atoms with Gasteiger partial charge in [-0.1, -0.05) is 29.8 Å². The first-order valence-electron chi connectivity index (χ1n) is 7.32. The number of hydrogen-bond donors (Lipinski definition) is 0. The van der Waals surface area contributed by atoms with E-state index in [2.05, 4.69) is 14.9 Å². The number of rotatable bonds is 6. The minimum absolute atomic E-state index is 0.0500. The van der Waals surface area contributed by atoms with Gasteiger partial charge in [-0.25, -0.2) is 4.79 Å². The maximum atomic E-state index is 12.2. The Morgan fingerprint density at radius 2 is 1.96 bits per heavy atom. The van der Waals surface area contributed by atoms with Gasteiger partial charge in [-0.05, 0) is 30.3 Å². The molecule has 0 bridgehead atoms. The van der Waals surface area contributed by atoms with Gasteiger partial charge in [0.2, 0.25) is 5.89 Å². The third kappa shape index (κ3) is 4.34. The lowest BCUT2D eigenvalue weighted by atomic mass is 10.2. The van der Waals surface area contributed by atoms with Crippen LogP contribution in [-0.4, -0.2) is 22.8 Å². The second kappa shape index (κ2) is 7.92. The zero-order valence-corrected chi connectivity index (χ0v) is 13.8. The molecule has 134 valence electrons. The zero-order chi connectivity index (χ0) is 18.5. The van der Waals surface area contributed by atoms with E-state index in [1.54, 1.807) is 24.3 Å². The van der Waals surface area contributed by atoms with E-state index in [4.69, 9.17) is 20.8 Å². The molecule has 0 aliphatic rings. The summed E-state index contributed by atoms with van der Waals surface area (Å²) in [6.07, 6.45) is 0. The van der Waals surface area contributed by atoms with Crippen molar-refractivity contribution in [2.75, 3.05) is 0 Å². The first kappa shape index (κ1) is 17.8. The van der Waals surface area contributed by atoms with Crippen molar-refractivity contribution < 1.29 is 27.5 Å². The van der Waals surface area contributed by atoms with Gasteiger partial charge in [0.15, 0.2) is 6.61 Å². The van der Waals surface area contributed by atoms with E-state index in [1.807, 2.05) is 0 Å². The number of nitrogens with zero attached hydrogens (tertiary/aromatic N) is 2. The minimum atomic E-state index is -2.98. The third-order valence-electron chi connectivity index (χ3n) is 3.19. The summed E-state index contributed by atoms with van der Waals surface area (Å²) in [5.41, 5.74) is 0.602. The maximum absolute atomic E-state index is 12.2. The number of benzene rings is 2. The topological polar surface area (TPSA) is 74.5 Å². The summed E-state index contributed by atoms with van der Waals surface area (Å²) < 4.78 is 39.1. The van der Waals surface area contributed by atoms with E-state index >= 15 is 0 Å². The Morgan fingerprint density at radius 3 is 2.73 bits per heavy atom. The number of carbonyl (C=O) groups is 1. The zero-order valence-electron chi connectivity index (χ0n) is 13.1. The molecule has 0 aliphatic carbocycles. The van der Waals surface area contributed by atoms with Gasteiger partial charge in [0.1, 0.15) is 5.75 Å². The Bertz CT molecular complexity index is 917. The van der Waals surface area contributed by atoms with E-state index < -0.39 is 12.6 Å². The predicted molar refractivity (Wildman–Crippen MR) is 86.9 cm³/mol. The summed E-state index contributed by atoms with van der Waals surface area (Å²) in [6, 6.07) is 12.2. The van der Waals surface area contributed by atoms with E-state index in [0.29, 0.717) is 10.6 Å². The molecule has 0 spiro atoms. The van der Waals surface area contributed by atoms with Crippen LogP contribution >= 0.6 is 11.6 Å². The molecule has 3 rings (SSSR count). The van der Waals surface area contributed by atoms with E-state index in [0.717, 1.165) is 6.07 Å². The molecule has 0 atom stereocenters. The first-order valence-corrected chi connectivity index (χ1v) is 7.70. The molecule has 0 radical (unpaired) electrons. The van der Waals surface area contributed by atoms with Crippen molar-refractivity contribution in [1.29, 1.82) is 0 Å². The number of hydrogen-bond acceptors (Lipinski definition) is 6. The van der Waals surface area contributed by atoms with Crippen LogP contribution in [0, 0.1) is 0 Å². The average Bonchev–Trinajstić information content (AvgIpc) is 3.08. The second-order valence-corrected chi connectivity index (χ2v) is 5.37. The van der Waals surface area contributed by atoms with Crippen LogP contribution in [0.3, 0.4) is 0 Å². The average molecular weight is 381 g/mol. The van der Waals surface area contributed by atoms with Crippen LogP contribution in [0.5, 0.6) is 5.75 Å². The Balaban J connectivity index is 1.64. The van der Waals surface area contributed by atoms with Crippen molar-refractivity contribution in [2.45, 2.75) is 13.2 Å². The van der Waals surface area contributed by atoms with Crippen LogP contribution in [0.1, 0.15) is 16.2 Å². The van der Waals surface area contributed by atoms with Gasteiger partial charge in [0.25, 0.3) is 5.89 Å². The van der Waals surface area contributed by atoms with Gasteiger partial charge < -0.3 is 13.9 Å². The standard InChI is InChI=1S/C17H11ClF2N2O4/c18-13-7-2-1-6-12(13)15-22-21-14(26-15)9-24-16(23)10-4-3-5-11(8-10)25-17(19)20/h1-8,17H,9H2. The van der Waals surface area contributed by atoms with Gasteiger partial charge in [-0.3, -0.25) is 0 Å². The van der Waals surface area contributed by atoms with E-state index in [9.17, 15) is 13.6 Å². The molecule has 0 saturated heterocycles. The highest BCUT2D eigenvalue weighted by molar-refractivity contribution is 6.33. The fraction of sp³-hybridized carbons (Fsp3) is 0.118. The number of esters is 1. The molecule has 26 heavy (non-hydrogen) atoms. The van der Waals surface area contributed by atoms with Crippen molar-refractivity contribution in [1.82, 2.24) is 10.2 Å². The number of halogens is 3. The van der Waals surface area contributed by atoms with Gasteiger partial charge in [-0.15, -0.1) is 10.2 Å². The lowest BCUT2D eigenvalue weighted by Gasteiger charge is -2.06. The van der Waals surface area contributed by atoms with Crippen LogP contribution in [0.15, 0.2) is 52.9 Å². The molecule has 0 saturated carbocycles.